The van der Waals surface area contributed by atoms with Crippen molar-refractivity contribution >= 4 is 17.7 Å². The summed E-state index contributed by atoms with van der Waals surface area (Å²) in [7, 11) is 0. The number of carboxylic acid groups (broad SMARTS) is 1. The fraction of sp³-hybridized carbons (Fsp3) is 0.417. The molecule has 96 valence electrons. The second-order valence-corrected chi connectivity index (χ2v) is 4.65. The molecule has 0 aliphatic heterocycles. The van der Waals surface area contributed by atoms with Crippen molar-refractivity contribution in [1.82, 2.24) is 4.98 Å². The van der Waals surface area contributed by atoms with Crippen molar-refractivity contribution in [3.8, 4) is 0 Å². The largest absolute Gasteiger partial charge is 0.481 e. The summed E-state index contributed by atoms with van der Waals surface area (Å²) in [6.45, 7) is 2.05. The Morgan fingerprint density at radius 1 is 1.50 bits per heavy atom. The number of hydrogen-bond donors (Lipinski definition) is 3. The number of aliphatic carboxylic acids is 1. The zero-order valence-corrected chi connectivity index (χ0v) is 10.1. The van der Waals surface area contributed by atoms with Crippen LogP contribution in [0.3, 0.4) is 0 Å². The summed E-state index contributed by atoms with van der Waals surface area (Å²) in [5, 5.41) is 12.0. The Morgan fingerprint density at radius 3 is 2.67 bits per heavy atom. The zero-order chi connectivity index (χ0) is 13.3. The van der Waals surface area contributed by atoms with Gasteiger partial charge in [0.05, 0.1) is 11.0 Å². The Balaban J connectivity index is 2.16. The number of carbonyl (C=O) groups excluding carboxylic acids is 1. The van der Waals surface area contributed by atoms with Crippen LogP contribution in [0, 0.1) is 12.3 Å². The first kappa shape index (κ1) is 12.3. The predicted molar refractivity (Wildman–Crippen MR) is 65.3 cm³/mol. The Kier molecular flexibility index (Phi) is 2.94. The van der Waals surface area contributed by atoms with E-state index in [1.54, 1.807) is 19.1 Å². The number of rotatable bonds is 5. The summed E-state index contributed by atoms with van der Waals surface area (Å²) in [4.78, 5) is 26.5. The number of nitrogens with zero attached hydrogens (tertiary/aromatic N) is 1. The third-order valence-corrected chi connectivity index (χ3v) is 3.20. The molecule has 6 nitrogen and oxygen atoms in total. The molecule has 1 amide bonds. The predicted octanol–water partition coefficient (Wildman–Crippen LogP) is 0.766. The summed E-state index contributed by atoms with van der Waals surface area (Å²) in [6.07, 6.45) is 1.29. The second-order valence-electron chi connectivity index (χ2n) is 4.65. The molecule has 0 saturated heterocycles. The third kappa shape index (κ3) is 2.27. The maximum Gasteiger partial charge on any atom is 0.311 e. The number of carboxylic acids is 1. The van der Waals surface area contributed by atoms with Crippen molar-refractivity contribution in [2.24, 2.45) is 11.1 Å². The molecule has 0 aromatic carbocycles. The number of aromatic nitrogens is 1. The summed E-state index contributed by atoms with van der Waals surface area (Å²) < 4.78 is 0. The van der Waals surface area contributed by atoms with Gasteiger partial charge in [-0.25, -0.2) is 4.98 Å². The van der Waals surface area contributed by atoms with E-state index in [1.807, 2.05) is 0 Å². The van der Waals surface area contributed by atoms with Gasteiger partial charge in [0.2, 0.25) is 0 Å². The maximum atomic E-state index is 11.2. The Bertz CT molecular complexity index is 509. The van der Waals surface area contributed by atoms with Gasteiger partial charge in [-0.1, -0.05) is 0 Å². The molecule has 0 unspecified atom stereocenters. The van der Waals surface area contributed by atoms with Gasteiger partial charge in [0.1, 0.15) is 5.82 Å². The minimum Gasteiger partial charge on any atom is -0.481 e. The number of amides is 1. The maximum absolute atomic E-state index is 11.2. The summed E-state index contributed by atoms with van der Waals surface area (Å²) >= 11 is 0. The molecule has 0 atom stereocenters. The molecular formula is C12H15N3O3. The van der Waals surface area contributed by atoms with Gasteiger partial charge >= 0.3 is 5.97 Å². The van der Waals surface area contributed by atoms with Crippen LogP contribution in [0.5, 0.6) is 0 Å². The lowest BCUT2D eigenvalue weighted by atomic mass is 10.1. The van der Waals surface area contributed by atoms with E-state index in [9.17, 15) is 9.59 Å². The summed E-state index contributed by atoms with van der Waals surface area (Å²) in [5.41, 5.74) is 5.55. The van der Waals surface area contributed by atoms with Crippen molar-refractivity contribution in [3.05, 3.63) is 23.4 Å². The number of nitrogens with two attached hydrogens (primary N) is 1. The average molecular weight is 249 g/mol. The molecule has 1 aliphatic carbocycles. The molecule has 1 aromatic rings. The first-order valence-electron chi connectivity index (χ1n) is 5.69. The molecule has 1 fully saturated rings. The van der Waals surface area contributed by atoms with Crippen LogP contribution in [-0.2, 0) is 4.79 Å². The molecule has 1 aromatic heterocycles. The lowest BCUT2D eigenvalue weighted by molar-refractivity contribution is -0.142. The van der Waals surface area contributed by atoms with Crippen LogP contribution in [0.15, 0.2) is 12.1 Å². The van der Waals surface area contributed by atoms with Crippen molar-refractivity contribution in [2.45, 2.75) is 19.8 Å². The lowest BCUT2D eigenvalue weighted by Gasteiger charge is -2.13. The van der Waals surface area contributed by atoms with E-state index < -0.39 is 17.3 Å². The minimum absolute atomic E-state index is 0.263. The Hall–Kier alpha value is -2.11. The van der Waals surface area contributed by atoms with Gasteiger partial charge in [0, 0.05) is 12.2 Å². The highest BCUT2D eigenvalue weighted by Gasteiger charge is 2.50. The molecule has 0 spiro atoms. The Labute approximate surface area is 104 Å². The Morgan fingerprint density at radius 2 is 2.17 bits per heavy atom. The van der Waals surface area contributed by atoms with Gasteiger partial charge < -0.3 is 16.2 Å². The third-order valence-electron chi connectivity index (χ3n) is 3.20. The smallest absolute Gasteiger partial charge is 0.311 e. The molecule has 4 N–H and O–H groups in total. The highest BCUT2D eigenvalue weighted by atomic mass is 16.4. The van der Waals surface area contributed by atoms with E-state index in [0.29, 0.717) is 18.7 Å². The quantitative estimate of drug-likeness (QED) is 0.714. The highest BCUT2D eigenvalue weighted by molar-refractivity contribution is 5.97. The monoisotopic (exact) mass is 249 g/mol. The van der Waals surface area contributed by atoms with E-state index >= 15 is 0 Å². The molecule has 1 saturated carbocycles. The lowest BCUT2D eigenvalue weighted by Crippen LogP contribution is -2.26. The standard InChI is InChI=1S/C12H15N3O3/c1-7-2-3-8(9(13)16)10(15-7)14-6-12(4-5-12)11(17)18/h2-3H,4-6H2,1H3,(H2,13,16)(H,14,15)(H,17,18). The number of carbonyl (C=O) groups is 2. The van der Waals surface area contributed by atoms with E-state index in [4.69, 9.17) is 10.8 Å². The molecular weight excluding hydrogens is 234 g/mol. The van der Waals surface area contributed by atoms with E-state index in [-0.39, 0.29) is 12.1 Å². The van der Waals surface area contributed by atoms with Crippen LogP contribution in [0.25, 0.3) is 0 Å². The molecule has 0 bridgehead atoms. The second kappa shape index (κ2) is 4.29. The van der Waals surface area contributed by atoms with Gasteiger partial charge in [0.15, 0.2) is 0 Å². The molecule has 1 heterocycles. The fourth-order valence-electron chi connectivity index (χ4n) is 1.76. The molecule has 18 heavy (non-hydrogen) atoms. The van der Waals surface area contributed by atoms with Crippen LogP contribution < -0.4 is 11.1 Å². The van der Waals surface area contributed by atoms with Crippen molar-refractivity contribution in [2.75, 3.05) is 11.9 Å². The number of aryl methyl sites for hydroxylation is 1. The van der Waals surface area contributed by atoms with Gasteiger partial charge in [-0.15, -0.1) is 0 Å². The molecule has 0 radical (unpaired) electrons. The average Bonchev–Trinajstić information content (AvgIpc) is 3.07. The fourth-order valence-corrected chi connectivity index (χ4v) is 1.76. The van der Waals surface area contributed by atoms with Crippen LogP contribution in [0.1, 0.15) is 28.9 Å². The van der Waals surface area contributed by atoms with Crippen molar-refractivity contribution < 1.29 is 14.7 Å². The number of hydrogen-bond acceptors (Lipinski definition) is 4. The van der Waals surface area contributed by atoms with Crippen LogP contribution in [0.2, 0.25) is 0 Å². The summed E-state index contributed by atoms with van der Waals surface area (Å²) in [5.74, 6) is -1.04. The van der Waals surface area contributed by atoms with Crippen LogP contribution >= 0.6 is 0 Å². The van der Waals surface area contributed by atoms with E-state index in [0.717, 1.165) is 5.69 Å². The number of nitrogens with one attached hydrogen (secondary N) is 1. The van der Waals surface area contributed by atoms with E-state index in [2.05, 4.69) is 10.3 Å². The van der Waals surface area contributed by atoms with Crippen molar-refractivity contribution in [3.63, 3.8) is 0 Å². The zero-order valence-electron chi connectivity index (χ0n) is 10.1. The van der Waals surface area contributed by atoms with Gasteiger partial charge in [0.25, 0.3) is 5.91 Å². The number of anilines is 1. The molecule has 1 aliphatic rings. The summed E-state index contributed by atoms with van der Waals surface area (Å²) in [6, 6.07) is 3.28. The number of pyridine rings is 1. The van der Waals surface area contributed by atoms with Crippen LogP contribution in [-0.4, -0.2) is 28.5 Å². The first-order chi connectivity index (χ1) is 8.44. The highest BCUT2D eigenvalue weighted by Crippen LogP contribution is 2.45. The first-order valence-corrected chi connectivity index (χ1v) is 5.69. The SMILES string of the molecule is Cc1ccc(C(N)=O)c(NCC2(C(=O)O)CC2)n1. The molecule has 6 heteroatoms. The normalized spacial score (nSPS) is 16.1. The van der Waals surface area contributed by atoms with Crippen LogP contribution in [0.4, 0.5) is 5.82 Å². The van der Waals surface area contributed by atoms with Gasteiger partial charge in [-0.3, -0.25) is 9.59 Å². The number of primary amides is 1. The van der Waals surface area contributed by atoms with E-state index in [1.165, 1.54) is 0 Å². The van der Waals surface area contributed by atoms with Gasteiger partial charge in [-0.2, -0.15) is 0 Å². The van der Waals surface area contributed by atoms with Gasteiger partial charge in [-0.05, 0) is 31.9 Å². The molecule has 2 rings (SSSR count). The topological polar surface area (TPSA) is 105 Å². The minimum atomic E-state index is -0.816. The van der Waals surface area contributed by atoms with Crippen molar-refractivity contribution in [1.29, 1.82) is 0 Å².